The summed E-state index contributed by atoms with van der Waals surface area (Å²) < 4.78 is 24.4. The number of pyridine rings is 1. The Morgan fingerprint density at radius 1 is 1.58 bits per heavy atom. The van der Waals surface area contributed by atoms with Crippen molar-refractivity contribution in [3.63, 3.8) is 0 Å². The summed E-state index contributed by atoms with van der Waals surface area (Å²) in [5.41, 5.74) is 4.22. The van der Waals surface area contributed by atoms with Crippen LogP contribution in [-0.4, -0.2) is 4.98 Å². The van der Waals surface area contributed by atoms with Crippen molar-refractivity contribution in [1.82, 2.24) is 4.98 Å². The minimum absolute atomic E-state index is 0.0531. The summed E-state index contributed by atoms with van der Waals surface area (Å²) in [5, 5.41) is 0. The van der Waals surface area contributed by atoms with Crippen molar-refractivity contribution in [3.8, 4) is 0 Å². The Kier molecular flexibility index (Phi) is 2.65. The SMILES string of the molecule is Nc1c[nH]c(=O)c(I)c1C(F)F. The van der Waals surface area contributed by atoms with Crippen LogP contribution in [0.4, 0.5) is 14.5 Å². The Morgan fingerprint density at radius 2 is 2.17 bits per heavy atom. The Morgan fingerprint density at radius 3 is 2.58 bits per heavy atom. The van der Waals surface area contributed by atoms with Crippen molar-refractivity contribution in [2.75, 3.05) is 5.73 Å². The van der Waals surface area contributed by atoms with E-state index in [9.17, 15) is 13.6 Å². The molecular weight excluding hydrogens is 281 g/mol. The summed E-state index contributed by atoms with van der Waals surface area (Å²) in [6.45, 7) is 0. The van der Waals surface area contributed by atoms with E-state index in [1.807, 2.05) is 0 Å². The number of halogens is 3. The van der Waals surface area contributed by atoms with E-state index in [1.54, 1.807) is 22.6 Å². The minimum atomic E-state index is -2.71. The maximum Gasteiger partial charge on any atom is 0.267 e. The number of alkyl halides is 2. The molecule has 0 saturated heterocycles. The fourth-order valence-corrected chi connectivity index (χ4v) is 1.46. The zero-order valence-electron chi connectivity index (χ0n) is 5.77. The van der Waals surface area contributed by atoms with Crippen molar-refractivity contribution >= 4 is 28.3 Å². The molecular formula is C6H5F2IN2O. The molecule has 0 unspecified atom stereocenters. The second-order valence-corrected chi connectivity index (χ2v) is 3.18. The van der Waals surface area contributed by atoms with Crippen LogP contribution in [0, 0.1) is 3.57 Å². The van der Waals surface area contributed by atoms with Crippen LogP contribution in [0.2, 0.25) is 0 Å². The third-order valence-corrected chi connectivity index (χ3v) is 2.39. The number of hydrogen-bond acceptors (Lipinski definition) is 2. The van der Waals surface area contributed by atoms with E-state index in [4.69, 9.17) is 5.73 Å². The molecule has 0 bridgehead atoms. The summed E-state index contributed by atoms with van der Waals surface area (Å²) in [7, 11) is 0. The molecule has 6 heteroatoms. The van der Waals surface area contributed by atoms with Crippen molar-refractivity contribution < 1.29 is 8.78 Å². The normalized spacial score (nSPS) is 10.7. The Labute approximate surface area is 80.1 Å². The van der Waals surface area contributed by atoms with Crippen molar-refractivity contribution in [2.45, 2.75) is 6.43 Å². The molecule has 1 aromatic heterocycles. The summed E-state index contributed by atoms with van der Waals surface area (Å²) >= 11 is 1.54. The van der Waals surface area contributed by atoms with Gasteiger partial charge >= 0.3 is 0 Å². The number of nitrogens with two attached hydrogens (primary N) is 1. The molecule has 3 nitrogen and oxygen atoms in total. The molecule has 66 valence electrons. The van der Waals surface area contributed by atoms with E-state index in [-0.39, 0.29) is 14.8 Å². The molecule has 12 heavy (non-hydrogen) atoms. The lowest BCUT2D eigenvalue weighted by Gasteiger charge is -2.04. The molecule has 0 spiro atoms. The van der Waals surface area contributed by atoms with Crippen LogP contribution >= 0.6 is 22.6 Å². The second-order valence-electron chi connectivity index (χ2n) is 2.10. The quantitative estimate of drug-likeness (QED) is 0.769. The van der Waals surface area contributed by atoms with Crippen LogP contribution in [0.1, 0.15) is 12.0 Å². The van der Waals surface area contributed by atoms with Gasteiger partial charge in [-0.25, -0.2) is 8.78 Å². The van der Waals surface area contributed by atoms with Gasteiger partial charge in [-0.1, -0.05) is 0 Å². The number of anilines is 1. The van der Waals surface area contributed by atoms with E-state index in [0.717, 1.165) is 6.20 Å². The second kappa shape index (κ2) is 3.38. The summed E-state index contributed by atoms with van der Waals surface area (Å²) in [6.07, 6.45) is -1.63. The van der Waals surface area contributed by atoms with E-state index in [0.29, 0.717) is 0 Å². The Hall–Kier alpha value is -0.660. The molecule has 0 fully saturated rings. The lowest BCUT2D eigenvalue weighted by Crippen LogP contribution is -2.14. The highest BCUT2D eigenvalue weighted by Crippen LogP contribution is 2.26. The van der Waals surface area contributed by atoms with Crippen LogP contribution in [0.25, 0.3) is 0 Å². The largest absolute Gasteiger partial charge is 0.397 e. The molecule has 0 aliphatic rings. The highest BCUT2D eigenvalue weighted by atomic mass is 127. The fourth-order valence-electron chi connectivity index (χ4n) is 0.755. The van der Waals surface area contributed by atoms with Gasteiger partial charge in [0.2, 0.25) is 0 Å². The van der Waals surface area contributed by atoms with Crippen LogP contribution in [0.15, 0.2) is 11.0 Å². The lowest BCUT2D eigenvalue weighted by molar-refractivity contribution is 0.151. The lowest BCUT2D eigenvalue weighted by atomic mass is 10.2. The minimum Gasteiger partial charge on any atom is -0.397 e. The highest BCUT2D eigenvalue weighted by Gasteiger charge is 2.17. The molecule has 1 heterocycles. The van der Waals surface area contributed by atoms with Crippen LogP contribution in [-0.2, 0) is 0 Å². The Bertz CT molecular complexity index is 350. The zero-order chi connectivity index (χ0) is 9.30. The van der Waals surface area contributed by atoms with Gasteiger partial charge in [0.05, 0.1) is 14.8 Å². The van der Waals surface area contributed by atoms with E-state index >= 15 is 0 Å². The number of nitrogen functional groups attached to an aromatic ring is 1. The molecule has 0 aliphatic heterocycles. The Balaban J connectivity index is 3.43. The van der Waals surface area contributed by atoms with Crippen LogP contribution < -0.4 is 11.3 Å². The van der Waals surface area contributed by atoms with Gasteiger partial charge in [0.1, 0.15) is 0 Å². The van der Waals surface area contributed by atoms with Gasteiger partial charge in [0, 0.05) is 6.20 Å². The molecule has 1 aromatic rings. The van der Waals surface area contributed by atoms with E-state index < -0.39 is 12.0 Å². The first kappa shape index (κ1) is 9.43. The molecule has 0 atom stereocenters. The number of aromatic nitrogens is 1. The van der Waals surface area contributed by atoms with Gasteiger partial charge in [-0.15, -0.1) is 0 Å². The van der Waals surface area contributed by atoms with E-state index in [1.165, 1.54) is 0 Å². The standard InChI is InChI=1S/C6H5F2IN2O/c7-5(8)3-2(10)1-11-6(12)4(3)9/h1,5H,10H2,(H,11,12). The number of nitrogens with one attached hydrogen (secondary N) is 1. The van der Waals surface area contributed by atoms with Crippen molar-refractivity contribution in [3.05, 3.63) is 25.7 Å². The molecule has 0 saturated carbocycles. The highest BCUT2D eigenvalue weighted by molar-refractivity contribution is 14.1. The summed E-state index contributed by atoms with van der Waals surface area (Å²) in [4.78, 5) is 13.1. The van der Waals surface area contributed by atoms with Crippen LogP contribution in [0.3, 0.4) is 0 Å². The van der Waals surface area contributed by atoms with Crippen molar-refractivity contribution in [2.24, 2.45) is 0 Å². The van der Waals surface area contributed by atoms with Gasteiger partial charge in [-0.05, 0) is 22.6 Å². The molecule has 3 N–H and O–H groups in total. The third kappa shape index (κ3) is 1.57. The third-order valence-electron chi connectivity index (χ3n) is 1.32. The fraction of sp³-hybridized carbons (Fsp3) is 0.167. The maximum absolute atomic E-state index is 12.2. The van der Waals surface area contributed by atoms with Crippen LogP contribution in [0.5, 0.6) is 0 Å². The van der Waals surface area contributed by atoms with E-state index in [2.05, 4.69) is 4.98 Å². The number of rotatable bonds is 1. The van der Waals surface area contributed by atoms with Gasteiger partial charge in [0.15, 0.2) is 0 Å². The first-order valence-electron chi connectivity index (χ1n) is 2.98. The van der Waals surface area contributed by atoms with Gasteiger partial charge in [0.25, 0.3) is 12.0 Å². The summed E-state index contributed by atoms with van der Waals surface area (Å²) in [5.74, 6) is 0. The van der Waals surface area contributed by atoms with Gasteiger partial charge in [-0.3, -0.25) is 4.79 Å². The number of hydrogen-bond donors (Lipinski definition) is 2. The topological polar surface area (TPSA) is 58.9 Å². The molecule has 0 aliphatic carbocycles. The molecule has 0 radical (unpaired) electrons. The maximum atomic E-state index is 12.2. The smallest absolute Gasteiger partial charge is 0.267 e. The average Bonchev–Trinajstić information content (AvgIpc) is 1.97. The van der Waals surface area contributed by atoms with Crippen molar-refractivity contribution in [1.29, 1.82) is 0 Å². The molecule has 1 rings (SSSR count). The predicted octanol–water partition coefficient (Wildman–Crippen LogP) is 1.50. The zero-order valence-corrected chi connectivity index (χ0v) is 7.93. The first-order valence-corrected chi connectivity index (χ1v) is 4.06. The average molecular weight is 286 g/mol. The monoisotopic (exact) mass is 286 g/mol. The summed E-state index contributed by atoms with van der Waals surface area (Å²) in [6, 6.07) is 0. The number of H-pyrrole nitrogens is 1. The van der Waals surface area contributed by atoms with Gasteiger partial charge < -0.3 is 10.7 Å². The predicted molar refractivity (Wildman–Crippen MR) is 49.1 cm³/mol. The number of aromatic amines is 1. The first-order chi connectivity index (χ1) is 5.54. The molecule has 0 amide bonds. The molecule has 0 aromatic carbocycles. The van der Waals surface area contributed by atoms with Gasteiger partial charge in [-0.2, -0.15) is 0 Å².